The van der Waals surface area contributed by atoms with Crippen molar-refractivity contribution in [2.45, 2.75) is 25.1 Å². The molecule has 2 fully saturated rings. The van der Waals surface area contributed by atoms with Crippen LogP contribution in [0.15, 0.2) is 16.8 Å². The summed E-state index contributed by atoms with van der Waals surface area (Å²) in [6, 6.07) is 2.03. The number of carboxylic acid groups (broad SMARTS) is 1. The molecule has 2 aliphatic heterocycles. The topological polar surface area (TPSA) is 70.1 Å². The van der Waals surface area contributed by atoms with E-state index in [0.717, 1.165) is 44.8 Å². The minimum atomic E-state index is -5.08. The Morgan fingerprint density at radius 1 is 1.33 bits per heavy atom. The lowest BCUT2D eigenvalue weighted by molar-refractivity contribution is -0.192. The van der Waals surface area contributed by atoms with Gasteiger partial charge in [-0.3, -0.25) is 4.79 Å². The van der Waals surface area contributed by atoms with Crippen molar-refractivity contribution in [2.75, 3.05) is 39.8 Å². The van der Waals surface area contributed by atoms with Gasteiger partial charge >= 0.3 is 12.1 Å². The summed E-state index contributed by atoms with van der Waals surface area (Å²) in [6.07, 6.45) is -3.27. The van der Waals surface area contributed by atoms with Gasteiger partial charge in [-0.1, -0.05) is 0 Å². The number of fused-ring (bicyclic) bond motifs is 1. The summed E-state index contributed by atoms with van der Waals surface area (Å²) in [5.74, 6) is -1.94. The normalized spacial score (nSPS) is 23.6. The van der Waals surface area contributed by atoms with E-state index in [1.54, 1.807) is 11.3 Å². The van der Waals surface area contributed by atoms with Crippen LogP contribution < -0.4 is 0 Å². The van der Waals surface area contributed by atoms with Crippen molar-refractivity contribution >= 4 is 23.2 Å². The molecule has 1 aromatic rings. The number of rotatable bonds is 2. The summed E-state index contributed by atoms with van der Waals surface area (Å²) >= 11 is 1.65. The zero-order chi connectivity index (χ0) is 20.0. The average Bonchev–Trinajstić information content (AvgIpc) is 3.01. The maximum Gasteiger partial charge on any atom is 0.490 e. The Balaban J connectivity index is 0.000000321. The van der Waals surface area contributed by atoms with Gasteiger partial charge in [-0.2, -0.15) is 24.5 Å². The second-order valence-electron chi connectivity index (χ2n) is 6.67. The number of hydrogen-bond acceptors (Lipinski definition) is 5. The number of carbonyl (C=O) groups is 2. The monoisotopic (exact) mass is 408 g/mol. The predicted molar refractivity (Wildman–Crippen MR) is 93.6 cm³/mol. The third-order valence-electron chi connectivity index (χ3n) is 4.58. The maximum atomic E-state index is 12.4. The molecule has 6 nitrogen and oxygen atoms in total. The Morgan fingerprint density at radius 2 is 2.04 bits per heavy atom. The van der Waals surface area contributed by atoms with Crippen molar-refractivity contribution in [3.8, 4) is 0 Å². The zero-order valence-corrected chi connectivity index (χ0v) is 15.8. The number of nitrogens with zero attached hydrogens (tertiary/aromatic N) is 2. The first-order valence-corrected chi connectivity index (χ1v) is 9.50. The van der Waals surface area contributed by atoms with Crippen LogP contribution in [0.2, 0.25) is 0 Å². The van der Waals surface area contributed by atoms with Gasteiger partial charge in [-0.05, 0) is 35.9 Å². The number of carboxylic acids is 1. The van der Waals surface area contributed by atoms with Gasteiger partial charge in [0.05, 0.1) is 19.1 Å². The lowest BCUT2D eigenvalue weighted by Crippen LogP contribution is -2.49. The first kappa shape index (κ1) is 21.6. The number of halogens is 3. The van der Waals surface area contributed by atoms with E-state index in [1.165, 1.54) is 0 Å². The van der Waals surface area contributed by atoms with Crippen LogP contribution in [0.4, 0.5) is 13.2 Å². The van der Waals surface area contributed by atoms with Crippen molar-refractivity contribution < 1.29 is 32.6 Å². The van der Waals surface area contributed by atoms with E-state index in [9.17, 15) is 18.0 Å². The van der Waals surface area contributed by atoms with Crippen molar-refractivity contribution in [3.05, 3.63) is 22.4 Å². The molecule has 152 valence electrons. The van der Waals surface area contributed by atoms with Gasteiger partial charge in [0.2, 0.25) is 5.91 Å². The summed E-state index contributed by atoms with van der Waals surface area (Å²) in [5.41, 5.74) is 1.13. The molecule has 10 heteroatoms. The van der Waals surface area contributed by atoms with E-state index < -0.39 is 12.1 Å². The van der Waals surface area contributed by atoms with Gasteiger partial charge in [-0.25, -0.2) is 4.79 Å². The van der Waals surface area contributed by atoms with Crippen LogP contribution in [0, 0.1) is 5.92 Å². The van der Waals surface area contributed by atoms with E-state index in [-0.39, 0.29) is 12.0 Å². The number of alkyl halides is 3. The van der Waals surface area contributed by atoms with Crippen LogP contribution in [0.25, 0.3) is 0 Å². The molecule has 0 aliphatic carbocycles. The van der Waals surface area contributed by atoms with E-state index in [2.05, 4.69) is 17.3 Å². The number of likely N-dealkylation sites (tertiary alicyclic amines) is 1. The largest absolute Gasteiger partial charge is 0.490 e. The standard InChI is InChI=1S/C15H22N2O2S.C2HF3O2/c1-16-5-6-19-14-10-17(4-2-13(14)9-16)15(18)8-12-3-7-20-11-12;3-2(4,5)1(6)7/h3,7,11,13-14H,2,4-6,8-10H2,1H3;(H,6,7)/t13-,14-;/m1./s1. The highest BCUT2D eigenvalue weighted by Crippen LogP contribution is 2.24. The second-order valence-corrected chi connectivity index (χ2v) is 7.45. The van der Waals surface area contributed by atoms with Gasteiger partial charge in [0.15, 0.2) is 0 Å². The molecule has 0 radical (unpaired) electrons. The molecule has 27 heavy (non-hydrogen) atoms. The minimum Gasteiger partial charge on any atom is -0.475 e. The molecule has 1 aromatic heterocycles. The van der Waals surface area contributed by atoms with Crippen LogP contribution in [0.1, 0.15) is 12.0 Å². The van der Waals surface area contributed by atoms with Crippen LogP contribution in [-0.4, -0.2) is 78.9 Å². The molecule has 1 amide bonds. The number of aliphatic carboxylic acids is 1. The van der Waals surface area contributed by atoms with Crippen LogP contribution in [0.3, 0.4) is 0 Å². The van der Waals surface area contributed by atoms with E-state index in [1.807, 2.05) is 16.3 Å². The third kappa shape index (κ3) is 6.78. The number of piperidine rings is 1. The van der Waals surface area contributed by atoms with Gasteiger partial charge in [0.25, 0.3) is 0 Å². The molecular formula is C17H23F3N2O4S. The van der Waals surface area contributed by atoms with Crippen molar-refractivity contribution in [2.24, 2.45) is 5.92 Å². The number of hydrogen-bond donors (Lipinski definition) is 1. The molecular weight excluding hydrogens is 385 g/mol. The number of amides is 1. The van der Waals surface area contributed by atoms with Gasteiger partial charge < -0.3 is 19.6 Å². The SMILES string of the molecule is CN1CCO[C@@H]2CN(C(=O)Cc3ccsc3)CC[C@@H]2C1.O=C(O)C(F)(F)F. The molecule has 0 bridgehead atoms. The molecule has 3 rings (SSSR count). The minimum absolute atomic E-state index is 0.222. The first-order chi connectivity index (χ1) is 12.7. The summed E-state index contributed by atoms with van der Waals surface area (Å²) < 4.78 is 37.7. The Hall–Kier alpha value is -1.65. The lowest BCUT2D eigenvalue weighted by Gasteiger charge is -2.37. The maximum absolute atomic E-state index is 12.4. The summed E-state index contributed by atoms with van der Waals surface area (Å²) in [5, 5.41) is 11.2. The number of carbonyl (C=O) groups excluding carboxylic acids is 1. The van der Waals surface area contributed by atoms with E-state index in [0.29, 0.717) is 12.3 Å². The molecule has 2 atom stereocenters. The predicted octanol–water partition coefficient (Wildman–Crippen LogP) is 2.10. The number of ether oxygens (including phenoxy) is 1. The van der Waals surface area contributed by atoms with Crippen LogP contribution in [0.5, 0.6) is 0 Å². The molecule has 0 spiro atoms. The lowest BCUT2D eigenvalue weighted by atomic mass is 9.93. The summed E-state index contributed by atoms with van der Waals surface area (Å²) in [7, 11) is 2.15. The zero-order valence-electron chi connectivity index (χ0n) is 14.9. The fraction of sp³-hybridized carbons (Fsp3) is 0.647. The Labute approximate surface area is 159 Å². The van der Waals surface area contributed by atoms with Crippen molar-refractivity contribution in [1.82, 2.24) is 9.80 Å². The van der Waals surface area contributed by atoms with Gasteiger partial charge in [0, 0.05) is 32.1 Å². The molecule has 0 saturated carbocycles. The van der Waals surface area contributed by atoms with Gasteiger partial charge in [-0.15, -0.1) is 0 Å². The molecule has 0 unspecified atom stereocenters. The Morgan fingerprint density at radius 3 is 2.63 bits per heavy atom. The molecule has 0 aromatic carbocycles. The highest BCUT2D eigenvalue weighted by molar-refractivity contribution is 7.08. The summed E-state index contributed by atoms with van der Waals surface area (Å²) in [4.78, 5) is 25.6. The molecule has 2 aliphatic rings. The van der Waals surface area contributed by atoms with E-state index >= 15 is 0 Å². The first-order valence-electron chi connectivity index (χ1n) is 8.56. The molecule has 1 N–H and O–H groups in total. The highest BCUT2D eigenvalue weighted by atomic mass is 32.1. The van der Waals surface area contributed by atoms with Crippen molar-refractivity contribution in [3.63, 3.8) is 0 Å². The molecule has 3 heterocycles. The van der Waals surface area contributed by atoms with Crippen molar-refractivity contribution in [1.29, 1.82) is 0 Å². The number of thiophene rings is 1. The smallest absolute Gasteiger partial charge is 0.475 e. The summed E-state index contributed by atoms with van der Waals surface area (Å²) in [6.45, 7) is 4.51. The van der Waals surface area contributed by atoms with Gasteiger partial charge in [0.1, 0.15) is 0 Å². The number of likely N-dealkylation sites (N-methyl/N-ethyl adjacent to an activating group) is 1. The fourth-order valence-electron chi connectivity index (χ4n) is 3.12. The highest BCUT2D eigenvalue weighted by Gasteiger charge is 2.38. The van der Waals surface area contributed by atoms with E-state index in [4.69, 9.17) is 14.6 Å². The quantitative estimate of drug-likeness (QED) is 0.812. The second kappa shape index (κ2) is 9.52. The fourth-order valence-corrected chi connectivity index (χ4v) is 3.79. The molecule has 2 saturated heterocycles. The average molecular weight is 408 g/mol. The Bertz CT molecular complexity index is 624. The van der Waals surface area contributed by atoms with Crippen LogP contribution in [-0.2, 0) is 20.7 Å². The third-order valence-corrected chi connectivity index (χ3v) is 5.31. The Kier molecular flexibility index (Phi) is 7.63. The van der Waals surface area contributed by atoms with Crippen LogP contribution >= 0.6 is 11.3 Å².